The quantitative estimate of drug-likeness (QED) is 0.264. The average Bonchev–Trinajstić information content (AvgIpc) is 2.97. The van der Waals surface area contributed by atoms with Crippen LogP contribution in [-0.4, -0.2) is 44.3 Å². The highest BCUT2D eigenvalue weighted by atomic mass is 32.2. The Kier molecular flexibility index (Phi) is 6.97. The van der Waals surface area contributed by atoms with Gasteiger partial charge in [-0.05, 0) is 20.2 Å². The van der Waals surface area contributed by atoms with E-state index in [1.165, 1.54) is 5.56 Å². The maximum atomic E-state index is 8.56. The van der Waals surface area contributed by atoms with E-state index in [1.54, 1.807) is 18.8 Å². The lowest BCUT2D eigenvalue weighted by atomic mass is 10.1. The summed E-state index contributed by atoms with van der Waals surface area (Å²) in [5.74, 6) is 3.20. The van der Waals surface area contributed by atoms with Gasteiger partial charge in [-0.3, -0.25) is 10.3 Å². The minimum atomic E-state index is 0.496. The summed E-state index contributed by atoms with van der Waals surface area (Å²) >= 11 is 1.78. The van der Waals surface area contributed by atoms with Gasteiger partial charge in [-0.2, -0.15) is 17.0 Å². The number of aliphatic imine (C=N–C) groups is 1. The van der Waals surface area contributed by atoms with Crippen LogP contribution in [0.1, 0.15) is 11.3 Å². The van der Waals surface area contributed by atoms with Gasteiger partial charge >= 0.3 is 0 Å². The highest BCUT2D eigenvalue weighted by Crippen LogP contribution is 2.26. The third-order valence-electron chi connectivity index (χ3n) is 3.34. The molecule has 0 bridgehead atoms. The van der Waals surface area contributed by atoms with Gasteiger partial charge in [-0.15, -0.1) is 0 Å². The van der Waals surface area contributed by atoms with Gasteiger partial charge in [0.05, 0.1) is 5.75 Å². The number of rotatable bonds is 7. The third kappa shape index (κ3) is 5.18. The van der Waals surface area contributed by atoms with Gasteiger partial charge in [-0.25, -0.2) is 0 Å². The number of benzene rings is 1. The molecule has 6 nitrogen and oxygen atoms in total. The monoisotopic (exact) mass is 345 g/mol. The second kappa shape index (κ2) is 9.21. The largest absolute Gasteiger partial charge is 0.460 e. The van der Waals surface area contributed by atoms with E-state index in [2.05, 4.69) is 58.9 Å². The van der Waals surface area contributed by atoms with Gasteiger partial charge in [0.15, 0.2) is 6.19 Å². The maximum Gasteiger partial charge on any atom is 0.204 e. The molecule has 1 aromatic heterocycles. The molecule has 24 heavy (non-hydrogen) atoms. The molecule has 0 unspecified atom stereocenters. The zero-order valence-corrected chi connectivity index (χ0v) is 15.1. The molecular weight excluding hydrogens is 322 g/mol. The van der Waals surface area contributed by atoms with Gasteiger partial charge in [0.25, 0.3) is 0 Å². The molecule has 0 atom stereocenters. The number of nitrogens with one attached hydrogen (secondary N) is 2. The first-order valence-electron chi connectivity index (χ1n) is 7.72. The fourth-order valence-corrected chi connectivity index (χ4v) is 3.09. The van der Waals surface area contributed by atoms with Gasteiger partial charge in [0.1, 0.15) is 11.3 Å². The van der Waals surface area contributed by atoms with Crippen LogP contribution in [0, 0.1) is 11.5 Å². The maximum absolute atomic E-state index is 8.56. The molecule has 0 fully saturated rings. The topological polar surface area (TPSA) is 76.6 Å². The molecule has 0 aliphatic heterocycles. The van der Waals surface area contributed by atoms with Crippen molar-refractivity contribution in [2.24, 2.45) is 4.99 Å². The number of furan rings is 1. The molecule has 0 saturated heterocycles. The second-order valence-electron chi connectivity index (χ2n) is 5.57. The number of fused-ring (bicyclic) bond motifs is 1. The first-order chi connectivity index (χ1) is 11.6. The fraction of sp³-hybridized carbons (Fsp3) is 0.412. The molecular formula is C17H23N5OS. The Morgan fingerprint density at radius 3 is 2.96 bits per heavy atom. The Bertz CT molecular complexity index is 732. The normalized spacial score (nSPS) is 11.7. The number of hydrogen-bond acceptors (Lipinski definition) is 5. The predicted octanol–water partition coefficient (Wildman–Crippen LogP) is 2.37. The van der Waals surface area contributed by atoms with E-state index in [0.29, 0.717) is 5.96 Å². The number of guanidine groups is 1. The highest BCUT2D eigenvalue weighted by molar-refractivity contribution is 7.98. The predicted molar refractivity (Wildman–Crippen MR) is 99.9 cm³/mol. The van der Waals surface area contributed by atoms with Crippen LogP contribution in [0.3, 0.4) is 0 Å². The van der Waals surface area contributed by atoms with Crippen LogP contribution < -0.4 is 10.6 Å². The Hall–Kier alpha value is -2.17. The van der Waals surface area contributed by atoms with Gasteiger partial charge < -0.3 is 14.6 Å². The van der Waals surface area contributed by atoms with Gasteiger partial charge in [0.2, 0.25) is 5.96 Å². The second-order valence-corrected chi connectivity index (χ2v) is 6.68. The Balaban J connectivity index is 1.86. The fourth-order valence-electron chi connectivity index (χ4n) is 2.36. The van der Waals surface area contributed by atoms with Crippen LogP contribution in [0.15, 0.2) is 33.7 Å². The van der Waals surface area contributed by atoms with Crippen molar-refractivity contribution < 1.29 is 4.42 Å². The summed E-state index contributed by atoms with van der Waals surface area (Å²) in [5, 5.41) is 15.3. The van der Waals surface area contributed by atoms with E-state index < -0.39 is 0 Å². The molecule has 2 rings (SSSR count). The minimum absolute atomic E-state index is 0.496. The molecule has 7 heteroatoms. The van der Waals surface area contributed by atoms with Crippen molar-refractivity contribution in [3.8, 4) is 6.19 Å². The van der Waals surface area contributed by atoms with Crippen LogP contribution >= 0.6 is 11.8 Å². The van der Waals surface area contributed by atoms with Crippen LogP contribution in [0.2, 0.25) is 0 Å². The Morgan fingerprint density at radius 1 is 1.42 bits per heavy atom. The van der Waals surface area contributed by atoms with Crippen molar-refractivity contribution in [3.05, 3.63) is 35.6 Å². The molecule has 0 aliphatic rings. The molecule has 1 heterocycles. The molecule has 1 aromatic carbocycles. The lowest BCUT2D eigenvalue weighted by molar-refractivity contribution is 0.400. The van der Waals surface area contributed by atoms with Crippen molar-refractivity contribution >= 4 is 28.7 Å². The third-order valence-corrected chi connectivity index (χ3v) is 4.33. The zero-order chi connectivity index (χ0) is 17.4. The molecule has 2 N–H and O–H groups in total. The molecule has 0 aliphatic carbocycles. The van der Waals surface area contributed by atoms with Gasteiger partial charge in [-0.1, -0.05) is 18.2 Å². The molecule has 2 aromatic rings. The van der Waals surface area contributed by atoms with E-state index >= 15 is 0 Å². The lowest BCUT2D eigenvalue weighted by Gasteiger charge is -2.09. The standard InChI is InChI=1S/C17H23N5OS/c1-19-17(21-12-18)20-7-8-24-11-15-9-13-5-4-6-14(10-22(2)3)16(13)23-15/h4-6,9H,7-8,10-11H2,1-3H3,(H2,19,20,21). The number of thioether (sulfide) groups is 1. The van der Waals surface area contributed by atoms with Crippen LogP contribution in [0.5, 0.6) is 0 Å². The summed E-state index contributed by atoms with van der Waals surface area (Å²) in [6, 6.07) is 8.39. The molecule has 0 amide bonds. The highest BCUT2D eigenvalue weighted by Gasteiger charge is 2.09. The number of nitriles is 1. The van der Waals surface area contributed by atoms with Crippen LogP contribution in [0.4, 0.5) is 0 Å². The van der Waals surface area contributed by atoms with Crippen molar-refractivity contribution in [2.75, 3.05) is 33.4 Å². The van der Waals surface area contributed by atoms with Gasteiger partial charge in [0, 0.05) is 36.8 Å². The van der Waals surface area contributed by atoms with Crippen molar-refractivity contribution in [1.82, 2.24) is 15.5 Å². The summed E-state index contributed by atoms with van der Waals surface area (Å²) in [5.41, 5.74) is 2.19. The summed E-state index contributed by atoms with van der Waals surface area (Å²) in [6.45, 7) is 1.60. The van der Waals surface area contributed by atoms with Crippen molar-refractivity contribution in [1.29, 1.82) is 5.26 Å². The minimum Gasteiger partial charge on any atom is -0.460 e. The van der Waals surface area contributed by atoms with E-state index in [0.717, 1.165) is 41.3 Å². The number of para-hydroxylation sites is 1. The molecule has 0 radical (unpaired) electrons. The summed E-state index contributed by atoms with van der Waals surface area (Å²) in [6.07, 6.45) is 1.85. The Labute approximate surface area is 146 Å². The summed E-state index contributed by atoms with van der Waals surface area (Å²) < 4.78 is 6.04. The average molecular weight is 345 g/mol. The number of hydrogen-bond donors (Lipinski definition) is 2. The smallest absolute Gasteiger partial charge is 0.204 e. The summed E-state index contributed by atoms with van der Waals surface area (Å²) in [4.78, 5) is 6.07. The van der Waals surface area contributed by atoms with E-state index in [4.69, 9.17) is 9.68 Å². The molecule has 0 spiro atoms. The first kappa shape index (κ1) is 18.2. The SMILES string of the molecule is CN=C(NC#N)NCCSCc1cc2cccc(CN(C)C)c2o1. The van der Waals surface area contributed by atoms with Crippen molar-refractivity contribution in [3.63, 3.8) is 0 Å². The van der Waals surface area contributed by atoms with E-state index in [-0.39, 0.29) is 0 Å². The zero-order valence-electron chi connectivity index (χ0n) is 14.3. The number of nitrogens with zero attached hydrogens (tertiary/aromatic N) is 3. The van der Waals surface area contributed by atoms with Crippen LogP contribution in [0.25, 0.3) is 11.0 Å². The van der Waals surface area contributed by atoms with E-state index in [1.807, 2.05) is 6.19 Å². The Morgan fingerprint density at radius 2 is 2.25 bits per heavy atom. The first-order valence-corrected chi connectivity index (χ1v) is 8.88. The molecule has 128 valence electrons. The van der Waals surface area contributed by atoms with E-state index in [9.17, 15) is 0 Å². The van der Waals surface area contributed by atoms with Crippen LogP contribution in [-0.2, 0) is 12.3 Å². The lowest BCUT2D eigenvalue weighted by Crippen LogP contribution is -2.35. The summed E-state index contributed by atoms with van der Waals surface area (Å²) in [7, 11) is 5.75. The molecule has 0 saturated carbocycles. The van der Waals surface area contributed by atoms with Crippen molar-refractivity contribution in [2.45, 2.75) is 12.3 Å².